The highest BCUT2D eigenvalue weighted by Gasteiger charge is 2.29. The fourth-order valence-corrected chi connectivity index (χ4v) is 4.82. The molecule has 1 aromatic carbocycles. The minimum Gasteiger partial charge on any atom is -0.472 e. The summed E-state index contributed by atoms with van der Waals surface area (Å²) >= 11 is 1.21. The Morgan fingerprint density at radius 2 is 1.68 bits per heavy atom. The average molecular weight is 570 g/mol. The number of benzene rings is 1. The largest absolute Gasteiger partial charge is 0.472 e. The van der Waals surface area contributed by atoms with Crippen molar-refractivity contribution in [1.82, 2.24) is 15.3 Å². The summed E-state index contributed by atoms with van der Waals surface area (Å²) in [6, 6.07) is 8.95. The molecule has 0 bridgehead atoms. The van der Waals surface area contributed by atoms with E-state index < -0.39 is 23.2 Å². The van der Waals surface area contributed by atoms with Crippen molar-refractivity contribution in [2.45, 2.75) is 52.7 Å². The summed E-state index contributed by atoms with van der Waals surface area (Å²) in [5.74, 6) is -0.515. The van der Waals surface area contributed by atoms with Gasteiger partial charge in [-0.05, 0) is 65.3 Å². The van der Waals surface area contributed by atoms with Gasteiger partial charge in [-0.1, -0.05) is 23.5 Å². The second-order valence-corrected chi connectivity index (χ2v) is 12.3. The third-order valence-corrected chi connectivity index (χ3v) is 6.73. The number of hydrazine groups is 1. The van der Waals surface area contributed by atoms with Crippen molar-refractivity contribution in [3.05, 3.63) is 54.1 Å². The summed E-state index contributed by atoms with van der Waals surface area (Å²) in [5, 5.41) is 2.12. The molecule has 0 radical (unpaired) electrons. The molecule has 0 aliphatic carbocycles. The van der Waals surface area contributed by atoms with Gasteiger partial charge in [0, 0.05) is 31.7 Å². The van der Waals surface area contributed by atoms with E-state index in [1.165, 1.54) is 11.3 Å². The highest BCUT2D eigenvalue weighted by Crippen LogP contribution is 2.29. The highest BCUT2D eigenvalue weighted by atomic mass is 32.1. The van der Waals surface area contributed by atoms with Gasteiger partial charge in [0.25, 0.3) is 0 Å². The Morgan fingerprint density at radius 3 is 2.30 bits per heavy atom. The second-order valence-electron chi connectivity index (χ2n) is 11.3. The number of ether oxygens (including phenoxy) is 2. The second kappa shape index (κ2) is 11.6. The number of thiazole rings is 1. The maximum Gasteiger partial charge on any atom is 0.427 e. The number of hydrogen-bond acceptors (Lipinski definition) is 9. The van der Waals surface area contributed by atoms with Crippen LogP contribution in [-0.2, 0) is 9.47 Å². The number of carbonyl (C=O) groups excluding carboxylic acids is 3. The molecule has 40 heavy (non-hydrogen) atoms. The van der Waals surface area contributed by atoms with E-state index in [-0.39, 0.29) is 11.1 Å². The molecule has 0 saturated carbocycles. The van der Waals surface area contributed by atoms with Gasteiger partial charge in [-0.3, -0.25) is 4.79 Å². The van der Waals surface area contributed by atoms with E-state index in [0.717, 1.165) is 21.1 Å². The van der Waals surface area contributed by atoms with E-state index in [1.807, 2.05) is 32.9 Å². The molecule has 1 saturated heterocycles. The molecular formula is C28H35N5O6S. The Bertz CT molecular complexity index is 1330. The number of hydrogen-bond donors (Lipinski definition) is 1. The lowest BCUT2D eigenvalue weighted by atomic mass is 10.1. The number of aromatic nitrogens is 1. The van der Waals surface area contributed by atoms with E-state index in [1.54, 1.807) is 62.6 Å². The lowest BCUT2D eigenvalue weighted by Crippen LogP contribution is -2.50. The third kappa shape index (κ3) is 7.53. The minimum absolute atomic E-state index is 0.189. The Kier molecular flexibility index (Phi) is 8.38. The lowest BCUT2D eigenvalue weighted by molar-refractivity contribution is 0.0240. The number of rotatable bonds is 4. The number of furan rings is 1. The Labute approximate surface area is 237 Å². The Morgan fingerprint density at radius 1 is 0.975 bits per heavy atom. The molecule has 1 fully saturated rings. The Hall–Kier alpha value is -4.06. The van der Waals surface area contributed by atoms with Crippen molar-refractivity contribution in [2.24, 2.45) is 0 Å². The SMILES string of the molecule is CC(C)(C)OC(=O)NN(C(=O)c1ncc(N2CCN(C(=O)OC(C)(C)C)CC2)s1)c1cccc(-c2ccoc2)c1. The van der Waals surface area contributed by atoms with E-state index in [9.17, 15) is 14.4 Å². The number of carbonyl (C=O) groups is 3. The van der Waals surface area contributed by atoms with Crippen molar-refractivity contribution in [3.8, 4) is 11.1 Å². The zero-order valence-electron chi connectivity index (χ0n) is 23.6. The fourth-order valence-electron chi connectivity index (χ4n) is 3.92. The van der Waals surface area contributed by atoms with Gasteiger partial charge < -0.3 is 23.7 Å². The summed E-state index contributed by atoms with van der Waals surface area (Å²) in [6.07, 6.45) is 3.68. The predicted molar refractivity (Wildman–Crippen MR) is 152 cm³/mol. The van der Waals surface area contributed by atoms with Crippen LogP contribution < -0.4 is 15.3 Å². The minimum atomic E-state index is -0.774. The maximum absolute atomic E-state index is 13.7. The number of amides is 3. The van der Waals surface area contributed by atoms with Crippen LogP contribution in [0.3, 0.4) is 0 Å². The first-order chi connectivity index (χ1) is 18.8. The normalized spacial score (nSPS) is 14.1. The molecule has 3 heterocycles. The van der Waals surface area contributed by atoms with Gasteiger partial charge in [0.2, 0.25) is 0 Å². The number of nitrogens with one attached hydrogen (secondary N) is 1. The summed E-state index contributed by atoms with van der Waals surface area (Å²) in [4.78, 5) is 46.9. The molecule has 2 aromatic heterocycles. The molecule has 3 aromatic rings. The zero-order chi connectivity index (χ0) is 29.1. The van der Waals surface area contributed by atoms with Gasteiger partial charge in [0.1, 0.15) is 16.2 Å². The van der Waals surface area contributed by atoms with Crippen molar-refractivity contribution < 1.29 is 28.3 Å². The van der Waals surface area contributed by atoms with Gasteiger partial charge in [0.05, 0.1) is 24.4 Å². The summed E-state index contributed by atoms with van der Waals surface area (Å²) in [5.41, 5.74) is 3.33. The van der Waals surface area contributed by atoms with Crippen LogP contribution in [0.2, 0.25) is 0 Å². The molecule has 11 nitrogen and oxygen atoms in total. The van der Waals surface area contributed by atoms with Crippen molar-refractivity contribution in [1.29, 1.82) is 0 Å². The first kappa shape index (κ1) is 28.9. The Balaban J connectivity index is 1.51. The molecule has 0 atom stereocenters. The molecule has 0 unspecified atom stereocenters. The predicted octanol–water partition coefficient (Wildman–Crippen LogP) is 5.55. The van der Waals surface area contributed by atoms with E-state index in [2.05, 4.69) is 15.3 Å². The summed E-state index contributed by atoms with van der Waals surface area (Å²) < 4.78 is 16.1. The first-order valence-electron chi connectivity index (χ1n) is 12.9. The standard InChI is InChI=1S/C28H35N5O6S/c1-27(2,3)38-25(35)30-33(21-9-7-8-19(16-21)20-10-15-37-18-20)24(34)23-29-17-22(40-23)31-11-13-32(14-12-31)26(36)39-28(4,5)6/h7-10,15-18H,11-14H2,1-6H3,(H,30,35). The molecule has 3 amide bonds. The van der Waals surface area contributed by atoms with Gasteiger partial charge in [0.15, 0.2) is 5.01 Å². The highest BCUT2D eigenvalue weighted by molar-refractivity contribution is 7.17. The molecule has 214 valence electrons. The topological polar surface area (TPSA) is 117 Å². The van der Waals surface area contributed by atoms with Crippen molar-refractivity contribution in [2.75, 3.05) is 36.1 Å². The van der Waals surface area contributed by atoms with Crippen LogP contribution in [-0.4, -0.2) is 65.4 Å². The molecule has 1 aliphatic rings. The molecule has 0 spiro atoms. The summed E-state index contributed by atoms with van der Waals surface area (Å²) in [6.45, 7) is 12.9. The van der Waals surface area contributed by atoms with Crippen molar-refractivity contribution >= 4 is 40.1 Å². The molecule has 1 aliphatic heterocycles. The number of anilines is 2. The van der Waals surface area contributed by atoms with E-state index in [0.29, 0.717) is 31.9 Å². The smallest absolute Gasteiger partial charge is 0.427 e. The quantitative estimate of drug-likeness (QED) is 0.407. The molecule has 1 N–H and O–H groups in total. The van der Waals surface area contributed by atoms with E-state index >= 15 is 0 Å². The fraction of sp³-hybridized carbons (Fsp3) is 0.429. The van der Waals surface area contributed by atoms with Crippen LogP contribution in [0, 0.1) is 0 Å². The van der Waals surface area contributed by atoms with Gasteiger partial charge in [-0.15, -0.1) is 0 Å². The zero-order valence-corrected chi connectivity index (χ0v) is 24.4. The summed E-state index contributed by atoms with van der Waals surface area (Å²) in [7, 11) is 0. The van der Waals surface area contributed by atoms with Gasteiger partial charge in [-0.2, -0.15) is 0 Å². The van der Waals surface area contributed by atoms with Crippen LogP contribution >= 0.6 is 11.3 Å². The molecular weight excluding hydrogens is 534 g/mol. The monoisotopic (exact) mass is 569 g/mol. The van der Waals surface area contributed by atoms with E-state index in [4.69, 9.17) is 13.9 Å². The van der Waals surface area contributed by atoms with Crippen molar-refractivity contribution in [3.63, 3.8) is 0 Å². The number of nitrogens with zero attached hydrogens (tertiary/aromatic N) is 4. The lowest BCUT2D eigenvalue weighted by Gasteiger charge is -2.35. The van der Waals surface area contributed by atoms with Crippen LogP contribution in [0.5, 0.6) is 0 Å². The third-order valence-electron chi connectivity index (χ3n) is 5.68. The average Bonchev–Trinajstić information content (AvgIpc) is 3.58. The van der Waals surface area contributed by atoms with Crippen LogP contribution in [0.25, 0.3) is 11.1 Å². The van der Waals surface area contributed by atoms with Crippen LogP contribution in [0.15, 0.2) is 53.5 Å². The first-order valence-corrected chi connectivity index (χ1v) is 13.8. The molecule has 4 rings (SSSR count). The van der Waals surface area contributed by atoms with Crippen LogP contribution in [0.4, 0.5) is 20.3 Å². The van der Waals surface area contributed by atoms with Gasteiger partial charge in [-0.25, -0.2) is 25.0 Å². The van der Waals surface area contributed by atoms with Crippen LogP contribution in [0.1, 0.15) is 51.3 Å². The molecule has 12 heteroatoms. The maximum atomic E-state index is 13.7. The number of piperazine rings is 1. The van der Waals surface area contributed by atoms with Gasteiger partial charge >= 0.3 is 18.1 Å².